The van der Waals surface area contributed by atoms with Crippen LogP contribution in [0, 0.1) is 10.1 Å². The zero-order valence-electron chi connectivity index (χ0n) is 16.1. The van der Waals surface area contributed by atoms with Gasteiger partial charge in [-0.05, 0) is 40.9 Å². The lowest BCUT2D eigenvalue weighted by atomic mass is 10.1. The summed E-state index contributed by atoms with van der Waals surface area (Å²) in [6.07, 6.45) is -0.0122. The normalized spacial score (nSPS) is 17.6. The standard InChI is InChI=1S/C20H18N4O6/c1-2-14-20(27)22(17-15(30-14)8-9-16(21-17)24(28)29)10-5-11-23-18(25)12-6-3-4-7-13(12)19(23)26/h3-4,6-9,14H,2,5,10-11H2,1H3. The van der Waals surface area contributed by atoms with Gasteiger partial charge in [0.25, 0.3) is 23.5 Å². The Kier molecular flexibility index (Phi) is 4.90. The lowest BCUT2D eigenvalue weighted by Gasteiger charge is -2.31. The van der Waals surface area contributed by atoms with Crippen LogP contribution in [0.5, 0.6) is 5.75 Å². The Labute approximate surface area is 171 Å². The smallest absolute Gasteiger partial charge is 0.366 e. The number of nitrogens with zero attached hydrogens (tertiary/aromatic N) is 4. The fourth-order valence-electron chi connectivity index (χ4n) is 3.60. The van der Waals surface area contributed by atoms with Crippen LogP contribution in [0.15, 0.2) is 36.4 Å². The maximum absolute atomic E-state index is 12.8. The van der Waals surface area contributed by atoms with Crippen LogP contribution in [0.2, 0.25) is 0 Å². The number of anilines is 1. The molecule has 1 atom stereocenters. The number of hydrogen-bond donors (Lipinski definition) is 0. The molecule has 154 valence electrons. The topological polar surface area (TPSA) is 123 Å². The number of carbonyl (C=O) groups excluding carboxylic acids is 3. The fraction of sp³-hybridized carbons (Fsp3) is 0.300. The van der Waals surface area contributed by atoms with Gasteiger partial charge in [-0.3, -0.25) is 24.2 Å². The average molecular weight is 410 g/mol. The van der Waals surface area contributed by atoms with E-state index in [-0.39, 0.29) is 48.8 Å². The third-order valence-electron chi connectivity index (χ3n) is 5.09. The van der Waals surface area contributed by atoms with Crippen LogP contribution in [0.3, 0.4) is 0 Å². The van der Waals surface area contributed by atoms with E-state index in [1.54, 1.807) is 31.2 Å². The van der Waals surface area contributed by atoms with Crippen molar-refractivity contribution in [2.75, 3.05) is 18.0 Å². The molecular formula is C20H18N4O6. The molecule has 0 spiro atoms. The summed E-state index contributed by atoms with van der Waals surface area (Å²) in [6, 6.07) is 9.24. The third-order valence-corrected chi connectivity index (χ3v) is 5.09. The second-order valence-electron chi connectivity index (χ2n) is 6.91. The number of carbonyl (C=O) groups is 3. The van der Waals surface area contributed by atoms with Crippen LogP contribution in [0.4, 0.5) is 11.6 Å². The molecule has 1 aromatic carbocycles. The summed E-state index contributed by atoms with van der Waals surface area (Å²) in [5.41, 5.74) is 0.720. The van der Waals surface area contributed by atoms with Crippen molar-refractivity contribution in [2.45, 2.75) is 25.9 Å². The summed E-state index contributed by atoms with van der Waals surface area (Å²) in [4.78, 5) is 54.6. The number of imide groups is 1. The van der Waals surface area contributed by atoms with Gasteiger partial charge < -0.3 is 14.9 Å². The highest BCUT2D eigenvalue weighted by Gasteiger charge is 2.39. The first-order chi connectivity index (χ1) is 14.4. The number of benzene rings is 1. The molecule has 10 nitrogen and oxygen atoms in total. The second-order valence-corrected chi connectivity index (χ2v) is 6.91. The highest BCUT2D eigenvalue weighted by atomic mass is 16.6. The average Bonchev–Trinajstić information content (AvgIpc) is 2.99. The van der Waals surface area contributed by atoms with E-state index in [1.807, 2.05) is 0 Å². The number of rotatable bonds is 6. The summed E-state index contributed by atoms with van der Waals surface area (Å²) in [5, 5.41) is 11.1. The SMILES string of the molecule is CCC1Oc2ccc([N+](=O)[O-])nc2N(CCCN2C(=O)c3ccccc3C2=O)C1=O. The van der Waals surface area contributed by atoms with E-state index < -0.39 is 16.8 Å². The van der Waals surface area contributed by atoms with Gasteiger partial charge in [0.05, 0.1) is 11.1 Å². The molecule has 4 rings (SSSR count). The summed E-state index contributed by atoms with van der Waals surface area (Å²) >= 11 is 0. The highest BCUT2D eigenvalue weighted by molar-refractivity contribution is 6.21. The van der Waals surface area contributed by atoms with Crippen molar-refractivity contribution < 1.29 is 24.0 Å². The number of nitro groups is 1. The van der Waals surface area contributed by atoms with Crippen molar-refractivity contribution in [3.8, 4) is 5.75 Å². The second kappa shape index (κ2) is 7.54. The van der Waals surface area contributed by atoms with E-state index in [9.17, 15) is 24.5 Å². The molecule has 3 amide bonds. The zero-order valence-corrected chi connectivity index (χ0v) is 16.1. The van der Waals surface area contributed by atoms with Gasteiger partial charge >= 0.3 is 5.82 Å². The molecule has 1 aromatic heterocycles. The maximum atomic E-state index is 12.8. The number of aromatic nitrogens is 1. The van der Waals surface area contributed by atoms with Gasteiger partial charge in [-0.15, -0.1) is 0 Å². The summed E-state index contributed by atoms with van der Waals surface area (Å²) in [7, 11) is 0. The minimum absolute atomic E-state index is 0.0706. The number of hydrogen-bond acceptors (Lipinski definition) is 7. The molecule has 0 N–H and O–H groups in total. The largest absolute Gasteiger partial charge is 0.474 e. The van der Waals surface area contributed by atoms with Crippen LogP contribution in [-0.2, 0) is 4.79 Å². The zero-order chi connectivity index (χ0) is 21.4. The van der Waals surface area contributed by atoms with E-state index in [2.05, 4.69) is 4.98 Å². The lowest BCUT2D eigenvalue weighted by molar-refractivity contribution is -0.389. The Morgan fingerprint density at radius 3 is 2.27 bits per heavy atom. The van der Waals surface area contributed by atoms with Gasteiger partial charge in [-0.25, -0.2) is 0 Å². The van der Waals surface area contributed by atoms with Crippen molar-refractivity contribution in [3.63, 3.8) is 0 Å². The number of amides is 3. The van der Waals surface area contributed by atoms with Crippen molar-refractivity contribution in [3.05, 3.63) is 57.6 Å². The van der Waals surface area contributed by atoms with Crippen LogP contribution < -0.4 is 9.64 Å². The third kappa shape index (κ3) is 3.15. The van der Waals surface area contributed by atoms with E-state index in [0.29, 0.717) is 17.5 Å². The maximum Gasteiger partial charge on any atom is 0.366 e. The van der Waals surface area contributed by atoms with E-state index in [0.717, 1.165) is 4.90 Å². The summed E-state index contributed by atoms with van der Waals surface area (Å²) in [6.45, 7) is 2.04. The molecule has 0 aliphatic carbocycles. The van der Waals surface area contributed by atoms with Crippen LogP contribution >= 0.6 is 0 Å². The molecular weight excluding hydrogens is 392 g/mol. The monoisotopic (exact) mass is 410 g/mol. The van der Waals surface area contributed by atoms with Gasteiger partial charge in [0.1, 0.15) is 0 Å². The minimum Gasteiger partial charge on any atom is -0.474 e. The quantitative estimate of drug-likeness (QED) is 0.406. The Hall–Kier alpha value is -3.82. The Balaban J connectivity index is 1.52. The first-order valence-corrected chi connectivity index (χ1v) is 9.51. The molecule has 0 fully saturated rings. The summed E-state index contributed by atoms with van der Waals surface area (Å²) in [5.74, 6) is -1.14. The summed E-state index contributed by atoms with van der Waals surface area (Å²) < 4.78 is 5.62. The first-order valence-electron chi connectivity index (χ1n) is 9.51. The molecule has 0 radical (unpaired) electrons. The van der Waals surface area contributed by atoms with Crippen LogP contribution in [0.25, 0.3) is 0 Å². The molecule has 2 aromatic rings. The lowest BCUT2D eigenvalue weighted by Crippen LogP contribution is -2.47. The molecule has 3 heterocycles. The molecule has 2 aliphatic rings. The molecule has 30 heavy (non-hydrogen) atoms. The van der Waals surface area contributed by atoms with E-state index >= 15 is 0 Å². The molecule has 1 unspecified atom stereocenters. The number of fused-ring (bicyclic) bond motifs is 2. The molecule has 2 aliphatic heterocycles. The fourth-order valence-corrected chi connectivity index (χ4v) is 3.60. The Morgan fingerprint density at radius 1 is 1.03 bits per heavy atom. The van der Waals surface area contributed by atoms with Gasteiger partial charge in [0, 0.05) is 19.2 Å². The predicted octanol–water partition coefficient (Wildman–Crippen LogP) is 2.18. The van der Waals surface area contributed by atoms with E-state index in [1.165, 1.54) is 17.0 Å². The van der Waals surface area contributed by atoms with Crippen molar-refractivity contribution in [2.24, 2.45) is 0 Å². The van der Waals surface area contributed by atoms with Crippen LogP contribution in [0.1, 0.15) is 40.5 Å². The number of pyridine rings is 1. The highest BCUT2D eigenvalue weighted by Crippen LogP contribution is 2.35. The molecule has 0 bridgehead atoms. The van der Waals surface area contributed by atoms with Crippen LogP contribution in [-0.4, -0.2) is 51.7 Å². The van der Waals surface area contributed by atoms with E-state index in [4.69, 9.17) is 4.74 Å². The van der Waals surface area contributed by atoms with Gasteiger partial charge in [0.2, 0.25) is 0 Å². The number of ether oxygens (including phenoxy) is 1. The molecule has 0 saturated carbocycles. The Morgan fingerprint density at radius 2 is 1.67 bits per heavy atom. The van der Waals surface area contributed by atoms with Crippen molar-refractivity contribution in [1.82, 2.24) is 9.88 Å². The Bertz CT molecular complexity index is 1030. The minimum atomic E-state index is -0.722. The predicted molar refractivity (Wildman–Crippen MR) is 104 cm³/mol. The van der Waals surface area contributed by atoms with Crippen molar-refractivity contribution >= 4 is 29.4 Å². The molecule has 10 heteroatoms. The first kappa shape index (κ1) is 19.5. The molecule has 0 saturated heterocycles. The van der Waals surface area contributed by atoms with Crippen molar-refractivity contribution in [1.29, 1.82) is 0 Å². The van der Waals surface area contributed by atoms with Gasteiger partial charge in [0.15, 0.2) is 11.9 Å². The van der Waals surface area contributed by atoms with Gasteiger partial charge in [-0.2, -0.15) is 0 Å². The van der Waals surface area contributed by atoms with Gasteiger partial charge in [-0.1, -0.05) is 19.1 Å².